The smallest absolute Gasteiger partial charge is 0.341 e. The Morgan fingerprint density at radius 2 is 1.84 bits per heavy atom. The first-order chi connectivity index (χ1) is 11.9. The van der Waals surface area contributed by atoms with E-state index in [2.05, 4.69) is 10.6 Å². The number of para-hydroxylation sites is 1. The number of nitrogens with one attached hydrogen (secondary N) is 2. The lowest BCUT2D eigenvalue weighted by molar-refractivity contribution is -0.384. The molecule has 130 valence electrons. The van der Waals surface area contributed by atoms with E-state index in [-0.39, 0.29) is 11.3 Å². The number of hydrogen-bond acceptors (Lipinski definition) is 6. The lowest BCUT2D eigenvalue weighted by Crippen LogP contribution is -2.30. The first-order valence-electron chi connectivity index (χ1n) is 7.45. The summed E-state index contributed by atoms with van der Waals surface area (Å²) in [6.45, 7) is 1.42. The van der Waals surface area contributed by atoms with Crippen molar-refractivity contribution in [2.45, 2.75) is 13.0 Å². The van der Waals surface area contributed by atoms with E-state index < -0.39 is 22.9 Å². The summed E-state index contributed by atoms with van der Waals surface area (Å²) in [6, 6.07) is 12.5. The Morgan fingerprint density at radius 1 is 1.16 bits per heavy atom. The van der Waals surface area contributed by atoms with E-state index >= 15 is 0 Å². The first-order valence-corrected chi connectivity index (χ1v) is 7.45. The molecule has 0 aliphatic carbocycles. The second-order valence-electron chi connectivity index (χ2n) is 5.14. The van der Waals surface area contributed by atoms with Crippen molar-refractivity contribution >= 4 is 28.9 Å². The minimum Gasteiger partial charge on any atom is -0.449 e. The summed E-state index contributed by atoms with van der Waals surface area (Å²) >= 11 is 0. The molecule has 1 atom stereocenters. The summed E-state index contributed by atoms with van der Waals surface area (Å²) in [5.41, 5.74) is 0.677. The van der Waals surface area contributed by atoms with Gasteiger partial charge in [-0.05, 0) is 25.1 Å². The number of non-ortho nitro benzene ring substituents is 1. The highest BCUT2D eigenvalue weighted by Crippen LogP contribution is 2.23. The van der Waals surface area contributed by atoms with Gasteiger partial charge in [0, 0.05) is 30.6 Å². The molecule has 0 aliphatic heterocycles. The Hall–Kier alpha value is -3.42. The molecule has 2 aromatic rings. The molecule has 0 fully saturated rings. The molecular weight excluding hydrogens is 326 g/mol. The van der Waals surface area contributed by atoms with E-state index in [9.17, 15) is 19.7 Å². The molecule has 2 aromatic carbocycles. The van der Waals surface area contributed by atoms with Crippen molar-refractivity contribution in [3.63, 3.8) is 0 Å². The Balaban J connectivity index is 2.11. The quantitative estimate of drug-likeness (QED) is 0.474. The van der Waals surface area contributed by atoms with Gasteiger partial charge in [0.25, 0.3) is 11.6 Å². The van der Waals surface area contributed by atoms with E-state index in [0.29, 0.717) is 11.4 Å². The zero-order chi connectivity index (χ0) is 18.4. The number of nitrogens with zero attached hydrogens (tertiary/aromatic N) is 1. The van der Waals surface area contributed by atoms with Crippen LogP contribution in [0.4, 0.5) is 17.1 Å². The van der Waals surface area contributed by atoms with Crippen LogP contribution in [0.2, 0.25) is 0 Å². The van der Waals surface area contributed by atoms with Crippen LogP contribution in [0.1, 0.15) is 17.3 Å². The number of ether oxygens (including phenoxy) is 1. The number of rotatable bonds is 6. The van der Waals surface area contributed by atoms with Crippen molar-refractivity contribution in [1.29, 1.82) is 0 Å². The summed E-state index contributed by atoms with van der Waals surface area (Å²) < 4.78 is 5.13. The highest BCUT2D eigenvalue weighted by Gasteiger charge is 2.22. The normalized spacial score (nSPS) is 11.3. The Labute approximate surface area is 144 Å². The first kappa shape index (κ1) is 17.9. The Morgan fingerprint density at radius 3 is 2.44 bits per heavy atom. The van der Waals surface area contributed by atoms with Crippen molar-refractivity contribution in [3.8, 4) is 0 Å². The van der Waals surface area contributed by atoms with E-state index in [1.54, 1.807) is 37.4 Å². The molecule has 8 heteroatoms. The molecule has 2 N–H and O–H groups in total. The number of carbonyl (C=O) groups is 2. The molecule has 8 nitrogen and oxygen atoms in total. The van der Waals surface area contributed by atoms with Gasteiger partial charge in [0.15, 0.2) is 6.10 Å². The van der Waals surface area contributed by atoms with Crippen LogP contribution in [-0.2, 0) is 9.53 Å². The van der Waals surface area contributed by atoms with Crippen LogP contribution in [0.15, 0.2) is 48.5 Å². The minimum atomic E-state index is -1.07. The molecule has 0 aromatic heterocycles. The third kappa shape index (κ3) is 4.54. The SMILES string of the molecule is CNc1ccc([N+](=O)[O-])cc1C(=O)O[C@H](C)C(=O)Nc1ccccc1. The number of carbonyl (C=O) groups excluding carboxylic acids is 2. The third-order valence-corrected chi connectivity index (χ3v) is 3.40. The van der Waals surface area contributed by atoms with E-state index in [4.69, 9.17) is 4.74 Å². The zero-order valence-electron chi connectivity index (χ0n) is 13.7. The number of nitro benzene ring substituents is 1. The van der Waals surface area contributed by atoms with Gasteiger partial charge in [-0.15, -0.1) is 0 Å². The van der Waals surface area contributed by atoms with Gasteiger partial charge < -0.3 is 15.4 Å². The molecule has 0 heterocycles. The predicted molar refractivity (Wildman–Crippen MR) is 92.6 cm³/mol. The fourth-order valence-corrected chi connectivity index (χ4v) is 2.08. The fraction of sp³-hybridized carbons (Fsp3) is 0.176. The number of esters is 1. The average Bonchev–Trinajstić information content (AvgIpc) is 2.61. The predicted octanol–water partition coefficient (Wildman–Crippen LogP) is 2.82. The van der Waals surface area contributed by atoms with Crippen LogP contribution in [0, 0.1) is 10.1 Å². The highest BCUT2D eigenvalue weighted by atomic mass is 16.6. The molecule has 2 rings (SSSR count). The molecule has 0 bridgehead atoms. The lowest BCUT2D eigenvalue weighted by Gasteiger charge is -2.15. The molecule has 0 aliphatic rings. The second kappa shape index (κ2) is 7.91. The van der Waals surface area contributed by atoms with Crippen molar-refractivity contribution in [1.82, 2.24) is 0 Å². The number of amides is 1. The number of anilines is 2. The molecule has 0 radical (unpaired) electrons. The van der Waals surface area contributed by atoms with Crippen molar-refractivity contribution < 1.29 is 19.2 Å². The summed E-state index contributed by atoms with van der Waals surface area (Å²) in [4.78, 5) is 34.7. The van der Waals surface area contributed by atoms with E-state index in [1.165, 1.54) is 19.1 Å². The van der Waals surface area contributed by atoms with Crippen LogP contribution in [0.25, 0.3) is 0 Å². The number of hydrogen-bond donors (Lipinski definition) is 2. The summed E-state index contributed by atoms with van der Waals surface area (Å²) in [7, 11) is 1.57. The molecular formula is C17H17N3O5. The topological polar surface area (TPSA) is 111 Å². The highest BCUT2D eigenvalue weighted by molar-refractivity contribution is 6.00. The van der Waals surface area contributed by atoms with Gasteiger partial charge in [-0.2, -0.15) is 0 Å². The molecule has 0 spiro atoms. The largest absolute Gasteiger partial charge is 0.449 e. The Kier molecular flexibility index (Phi) is 5.67. The van der Waals surface area contributed by atoms with Crippen LogP contribution < -0.4 is 10.6 Å². The van der Waals surface area contributed by atoms with Crippen LogP contribution in [0.5, 0.6) is 0 Å². The van der Waals surface area contributed by atoms with Crippen LogP contribution in [0.3, 0.4) is 0 Å². The van der Waals surface area contributed by atoms with Gasteiger partial charge in [0.05, 0.1) is 10.5 Å². The van der Waals surface area contributed by atoms with Gasteiger partial charge in [0.1, 0.15) is 0 Å². The van der Waals surface area contributed by atoms with Gasteiger partial charge in [-0.3, -0.25) is 14.9 Å². The molecule has 0 saturated heterocycles. The van der Waals surface area contributed by atoms with Gasteiger partial charge in [-0.1, -0.05) is 18.2 Å². The van der Waals surface area contributed by atoms with Gasteiger partial charge in [0.2, 0.25) is 0 Å². The van der Waals surface area contributed by atoms with Crippen molar-refractivity contribution in [2.75, 3.05) is 17.7 Å². The van der Waals surface area contributed by atoms with Gasteiger partial charge >= 0.3 is 5.97 Å². The average molecular weight is 343 g/mol. The number of benzene rings is 2. The molecule has 0 unspecified atom stereocenters. The second-order valence-corrected chi connectivity index (χ2v) is 5.14. The summed E-state index contributed by atoms with van der Waals surface area (Å²) in [5.74, 6) is -1.33. The van der Waals surface area contributed by atoms with E-state index in [1.807, 2.05) is 0 Å². The minimum absolute atomic E-state index is 0.0175. The monoisotopic (exact) mass is 343 g/mol. The standard InChI is InChI=1S/C17H17N3O5/c1-11(16(21)19-12-6-4-3-5-7-12)25-17(22)14-10-13(20(23)24)8-9-15(14)18-2/h3-11,18H,1-2H3,(H,19,21)/t11-/m1/s1. The van der Waals surface area contributed by atoms with E-state index in [0.717, 1.165) is 6.07 Å². The van der Waals surface area contributed by atoms with Crippen LogP contribution >= 0.6 is 0 Å². The fourth-order valence-electron chi connectivity index (χ4n) is 2.08. The maximum absolute atomic E-state index is 12.3. The van der Waals surface area contributed by atoms with Crippen LogP contribution in [-0.4, -0.2) is 30.0 Å². The lowest BCUT2D eigenvalue weighted by atomic mass is 10.1. The molecule has 0 saturated carbocycles. The van der Waals surface area contributed by atoms with Crippen molar-refractivity contribution in [3.05, 3.63) is 64.2 Å². The number of nitro groups is 1. The van der Waals surface area contributed by atoms with Gasteiger partial charge in [-0.25, -0.2) is 4.79 Å². The maximum atomic E-state index is 12.3. The van der Waals surface area contributed by atoms with Crippen molar-refractivity contribution in [2.24, 2.45) is 0 Å². The summed E-state index contributed by atoms with van der Waals surface area (Å²) in [6.07, 6.45) is -1.07. The summed E-state index contributed by atoms with van der Waals surface area (Å²) in [5, 5.41) is 16.3. The molecule has 1 amide bonds. The Bertz CT molecular complexity index is 792. The molecule has 25 heavy (non-hydrogen) atoms. The third-order valence-electron chi connectivity index (χ3n) is 3.40. The zero-order valence-corrected chi connectivity index (χ0v) is 13.7. The maximum Gasteiger partial charge on any atom is 0.341 e.